The molecule has 1 saturated carbocycles. The molecule has 0 bridgehead atoms. The molecule has 1 aliphatic rings. The van der Waals surface area contributed by atoms with Crippen LogP contribution in [0.25, 0.3) is 0 Å². The van der Waals surface area contributed by atoms with Crippen LogP contribution in [0.5, 0.6) is 0 Å². The Morgan fingerprint density at radius 3 is 2.39 bits per heavy atom. The van der Waals surface area contributed by atoms with E-state index in [0.29, 0.717) is 0 Å². The molecule has 0 aromatic carbocycles. The molecule has 1 fully saturated rings. The highest BCUT2D eigenvalue weighted by molar-refractivity contribution is 6.17. The number of alkyl halides is 4. The van der Waals surface area contributed by atoms with Crippen molar-refractivity contribution in [3.63, 3.8) is 0 Å². The summed E-state index contributed by atoms with van der Waals surface area (Å²) in [7, 11) is 0. The van der Waals surface area contributed by atoms with Gasteiger partial charge in [0.05, 0.1) is 11.8 Å². The van der Waals surface area contributed by atoms with Crippen molar-refractivity contribution in [2.45, 2.75) is 20.0 Å². The maximum absolute atomic E-state index is 12.6. The van der Waals surface area contributed by atoms with Gasteiger partial charge in [0.25, 0.3) is 0 Å². The normalized spacial score (nSPS) is 26.9. The fraction of sp³-hybridized carbons (Fsp3) is 0.727. The summed E-state index contributed by atoms with van der Waals surface area (Å²) in [6.45, 7) is 2.96. The van der Waals surface area contributed by atoms with Gasteiger partial charge in [0.15, 0.2) is 5.76 Å². The van der Waals surface area contributed by atoms with E-state index >= 15 is 0 Å². The van der Waals surface area contributed by atoms with Crippen molar-refractivity contribution < 1.29 is 27.8 Å². The van der Waals surface area contributed by atoms with Gasteiger partial charge >= 0.3 is 12.1 Å². The summed E-state index contributed by atoms with van der Waals surface area (Å²) in [6.07, 6.45) is -3.78. The van der Waals surface area contributed by atoms with Gasteiger partial charge in [-0.3, -0.25) is 4.79 Å². The van der Waals surface area contributed by atoms with E-state index in [4.69, 9.17) is 16.7 Å². The average molecular weight is 287 g/mol. The molecular weight excluding hydrogens is 273 g/mol. The van der Waals surface area contributed by atoms with Crippen LogP contribution in [0.1, 0.15) is 13.8 Å². The van der Waals surface area contributed by atoms with Crippen molar-refractivity contribution in [1.29, 1.82) is 0 Å². The minimum atomic E-state index is -4.63. The van der Waals surface area contributed by atoms with Crippen LogP contribution in [0.3, 0.4) is 0 Å². The van der Waals surface area contributed by atoms with Crippen LogP contribution in [0.2, 0.25) is 0 Å². The summed E-state index contributed by atoms with van der Waals surface area (Å²) in [5.41, 5.74) is -0.688. The molecule has 0 heterocycles. The Kier molecular flexibility index (Phi) is 4.20. The zero-order valence-corrected chi connectivity index (χ0v) is 10.7. The largest absolute Gasteiger partial charge is 0.488 e. The number of halogens is 4. The molecule has 2 atom stereocenters. The molecule has 0 amide bonds. The molecule has 7 heteroatoms. The van der Waals surface area contributed by atoms with E-state index in [0.717, 1.165) is 6.08 Å². The lowest BCUT2D eigenvalue weighted by molar-refractivity contribution is -0.139. The molecule has 0 radical (unpaired) electrons. The Bertz CT molecular complexity index is 363. The topological polar surface area (TPSA) is 46.5 Å². The van der Waals surface area contributed by atoms with E-state index in [-0.39, 0.29) is 12.5 Å². The first kappa shape index (κ1) is 15.1. The summed E-state index contributed by atoms with van der Waals surface area (Å²) in [5, 5.41) is 8.88. The Hall–Kier alpha value is -0.910. The van der Waals surface area contributed by atoms with Gasteiger partial charge in [0, 0.05) is 5.92 Å². The third kappa shape index (κ3) is 3.10. The average Bonchev–Trinajstić information content (AvgIpc) is 2.73. The predicted octanol–water partition coefficient (Wildman–Crippen LogP) is 3.04. The molecule has 0 saturated heterocycles. The fourth-order valence-electron chi connectivity index (χ4n) is 2.00. The molecule has 3 nitrogen and oxygen atoms in total. The van der Waals surface area contributed by atoms with Gasteiger partial charge in [-0.25, -0.2) is 0 Å². The van der Waals surface area contributed by atoms with Crippen LogP contribution >= 0.6 is 11.6 Å². The molecule has 0 aromatic rings. The molecule has 0 aromatic heterocycles. The lowest BCUT2D eigenvalue weighted by atomic mass is 10.1. The number of aliphatic carboxylic acids is 1. The monoisotopic (exact) mass is 286 g/mol. The predicted molar refractivity (Wildman–Crippen MR) is 59.2 cm³/mol. The number of hydrogen-bond donors (Lipinski definition) is 1. The first-order valence-corrected chi connectivity index (χ1v) is 5.86. The van der Waals surface area contributed by atoms with Gasteiger partial charge < -0.3 is 9.84 Å². The quantitative estimate of drug-likeness (QED) is 0.624. The van der Waals surface area contributed by atoms with Crippen LogP contribution in [-0.2, 0) is 9.53 Å². The van der Waals surface area contributed by atoms with Crippen molar-refractivity contribution in [2.24, 2.45) is 17.3 Å². The zero-order valence-electron chi connectivity index (χ0n) is 9.92. The first-order valence-electron chi connectivity index (χ1n) is 5.33. The highest BCUT2D eigenvalue weighted by Gasteiger charge is 2.62. The molecule has 0 aliphatic heterocycles. The summed E-state index contributed by atoms with van der Waals surface area (Å²) in [4.78, 5) is 10.9. The van der Waals surface area contributed by atoms with Crippen molar-refractivity contribution in [1.82, 2.24) is 0 Å². The SMILES string of the molecule is CC1(C)C(C=C(OCCCl)C(F)(F)F)C1C(=O)O. The number of carbonyl (C=O) groups is 1. The number of hydrogen-bond acceptors (Lipinski definition) is 2. The molecule has 1 aliphatic carbocycles. The standard InChI is InChI=1S/C11H14ClF3O3/c1-10(2)6(8(10)9(16)17)5-7(11(13,14)15)18-4-3-12/h5-6,8H,3-4H2,1-2H3,(H,16,17). The van der Waals surface area contributed by atoms with E-state index in [1.165, 1.54) is 0 Å². The van der Waals surface area contributed by atoms with Gasteiger partial charge in [-0.05, 0) is 11.5 Å². The van der Waals surface area contributed by atoms with E-state index in [1.807, 2.05) is 0 Å². The second kappa shape index (κ2) is 4.99. The van der Waals surface area contributed by atoms with Gasteiger partial charge in [0.1, 0.15) is 6.61 Å². The molecule has 1 N–H and O–H groups in total. The lowest BCUT2D eigenvalue weighted by Crippen LogP contribution is -2.16. The minimum Gasteiger partial charge on any atom is -0.488 e. The van der Waals surface area contributed by atoms with Crippen LogP contribution in [0.4, 0.5) is 13.2 Å². The Balaban J connectivity index is 2.87. The number of allylic oxidation sites excluding steroid dienone is 2. The van der Waals surface area contributed by atoms with Crippen LogP contribution < -0.4 is 0 Å². The molecule has 18 heavy (non-hydrogen) atoms. The summed E-state index contributed by atoms with van der Waals surface area (Å²) < 4.78 is 42.4. The number of rotatable bonds is 5. The highest BCUT2D eigenvalue weighted by Crippen LogP contribution is 2.59. The van der Waals surface area contributed by atoms with Crippen molar-refractivity contribution in [3.8, 4) is 0 Å². The van der Waals surface area contributed by atoms with Gasteiger partial charge in [-0.1, -0.05) is 13.8 Å². The van der Waals surface area contributed by atoms with E-state index in [1.54, 1.807) is 13.8 Å². The first-order chi connectivity index (χ1) is 8.12. The number of carboxylic acid groups (broad SMARTS) is 1. The molecule has 2 unspecified atom stereocenters. The fourth-order valence-corrected chi connectivity index (χ4v) is 2.07. The summed E-state index contributed by atoms with van der Waals surface area (Å²) >= 11 is 5.27. The Morgan fingerprint density at radius 1 is 1.50 bits per heavy atom. The summed E-state index contributed by atoms with van der Waals surface area (Å²) in [5.74, 6) is -3.81. The van der Waals surface area contributed by atoms with Crippen LogP contribution in [-0.4, -0.2) is 29.7 Å². The number of carboxylic acids is 1. The lowest BCUT2D eigenvalue weighted by Gasteiger charge is -2.12. The second-order valence-corrected chi connectivity index (χ2v) is 5.11. The van der Waals surface area contributed by atoms with Gasteiger partial charge in [0.2, 0.25) is 0 Å². The Labute approximate surface area is 108 Å². The smallest absolute Gasteiger partial charge is 0.448 e. The van der Waals surface area contributed by atoms with Gasteiger partial charge in [-0.2, -0.15) is 13.2 Å². The third-order valence-corrected chi connectivity index (χ3v) is 3.28. The molecule has 1 rings (SSSR count). The van der Waals surface area contributed by atoms with E-state index in [9.17, 15) is 18.0 Å². The maximum atomic E-state index is 12.6. The zero-order chi connectivity index (χ0) is 14.1. The molecule has 0 spiro atoms. The highest BCUT2D eigenvalue weighted by atomic mass is 35.5. The van der Waals surface area contributed by atoms with E-state index < -0.39 is 35.2 Å². The van der Waals surface area contributed by atoms with Crippen LogP contribution in [0.15, 0.2) is 11.8 Å². The van der Waals surface area contributed by atoms with Gasteiger partial charge in [-0.15, -0.1) is 11.6 Å². The van der Waals surface area contributed by atoms with Crippen molar-refractivity contribution in [2.75, 3.05) is 12.5 Å². The number of ether oxygens (including phenoxy) is 1. The third-order valence-electron chi connectivity index (χ3n) is 3.12. The Morgan fingerprint density at radius 2 is 2.06 bits per heavy atom. The maximum Gasteiger partial charge on any atom is 0.448 e. The molecule has 104 valence electrons. The second-order valence-electron chi connectivity index (χ2n) is 4.73. The van der Waals surface area contributed by atoms with Crippen molar-refractivity contribution in [3.05, 3.63) is 11.8 Å². The minimum absolute atomic E-state index is 0.0656. The van der Waals surface area contributed by atoms with Crippen molar-refractivity contribution >= 4 is 17.6 Å². The summed E-state index contributed by atoms with van der Waals surface area (Å²) in [6, 6.07) is 0. The van der Waals surface area contributed by atoms with Crippen LogP contribution in [0, 0.1) is 17.3 Å². The van der Waals surface area contributed by atoms with E-state index in [2.05, 4.69) is 4.74 Å². The molecular formula is C11H14ClF3O3.